The van der Waals surface area contributed by atoms with Crippen LogP contribution in [0.2, 0.25) is 0 Å². The van der Waals surface area contributed by atoms with E-state index in [4.69, 9.17) is 0 Å². The normalized spacial score (nSPS) is 30.5. The number of phenolic OH excluding ortho intramolecular Hbond substituents is 1. The Balaban J connectivity index is 3.00. The van der Waals surface area contributed by atoms with E-state index >= 15 is 0 Å². The molecule has 5 atom stereocenters. The molecule has 33 heavy (non-hydrogen) atoms. The van der Waals surface area contributed by atoms with Crippen molar-refractivity contribution in [1.29, 1.82) is 0 Å². The maximum Gasteiger partial charge on any atom is 0.432 e. The SMILES string of the molecule is CCOC(=O)C1C(c2ccccc2O)[C@@H](C(=O)OCC)[C@@](O)(C(F)(F)F)N[C@@]1(O)C(F)(F)F. The monoisotopic (exact) mass is 489 g/mol. The van der Waals surface area contributed by atoms with Crippen molar-refractivity contribution in [1.82, 2.24) is 5.32 Å². The van der Waals surface area contributed by atoms with Gasteiger partial charge < -0.3 is 24.8 Å². The van der Waals surface area contributed by atoms with Crippen LogP contribution in [0.25, 0.3) is 0 Å². The summed E-state index contributed by atoms with van der Waals surface area (Å²) in [6, 6.07) is 3.99. The molecule has 186 valence electrons. The molecular weight excluding hydrogens is 468 g/mol. The summed E-state index contributed by atoms with van der Waals surface area (Å²) < 4.78 is 93.1. The van der Waals surface area contributed by atoms with E-state index in [1.54, 1.807) is 0 Å². The Labute approximate surface area is 183 Å². The zero-order valence-electron chi connectivity index (χ0n) is 17.2. The Hall–Kier alpha value is -2.58. The second kappa shape index (κ2) is 8.99. The second-order valence-electron chi connectivity index (χ2n) is 7.20. The van der Waals surface area contributed by atoms with Crippen LogP contribution in [-0.4, -0.2) is 64.3 Å². The summed E-state index contributed by atoms with van der Waals surface area (Å²) >= 11 is 0. The molecule has 1 aliphatic rings. The number of nitrogens with one attached hydrogen (secondary N) is 1. The smallest absolute Gasteiger partial charge is 0.432 e. The van der Waals surface area contributed by atoms with Crippen LogP contribution < -0.4 is 5.32 Å². The van der Waals surface area contributed by atoms with Crippen molar-refractivity contribution >= 4 is 11.9 Å². The predicted octanol–water partition coefficient (Wildman–Crippen LogP) is 1.94. The highest BCUT2D eigenvalue weighted by atomic mass is 19.4. The number of benzene rings is 1. The lowest BCUT2D eigenvalue weighted by Crippen LogP contribution is -2.81. The van der Waals surface area contributed by atoms with Crippen LogP contribution in [0, 0.1) is 11.8 Å². The van der Waals surface area contributed by atoms with Gasteiger partial charge in [-0.05, 0) is 25.5 Å². The molecular formula is C19H21F6NO7. The molecule has 1 aromatic rings. The first-order valence-corrected chi connectivity index (χ1v) is 9.55. The number of aromatic hydroxyl groups is 1. The fourth-order valence-electron chi connectivity index (χ4n) is 3.88. The highest BCUT2D eigenvalue weighted by Crippen LogP contribution is 2.56. The van der Waals surface area contributed by atoms with Crippen LogP contribution in [0.4, 0.5) is 26.3 Å². The number of halogens is 6. The Kier molecular flexibility index (Phi) is 7.26. The van der Waals surface area contributed by atoms with E-state index < -0.39 is 78.0 Å². The topological polar surface area (TPSA) is 125 Å². The van der Waals surface area contributed by atoms with E-state index in [1.165, 1.54) is 19.9 Å². The zero-order chi connectivity index (χ0) is 25.4. The number of esters is 2. The van der Waals surface area contributed by atoms with Gasteiger partial charge in [0.15, 0.2) is 0 Å². The molecule has 1 aromatic carbocycles. The number of hydrogen-bond donors (Lipinski definition) is 4. The lowest BCUT2D eigenvalue weighted by atomic mass is 9.64. The summed E-state index contributed by atoms with van der Waals surface area (Å²) in [4.78, 5) is 25.2. The van der Waals surface area contributed by atoms with Crippen molar-refractivity contribution in [2.45, 2.75) is 43.6 Å². The molecule has 1 saturated heterocycles. The van der Waals surface area contributed by atoms with Crippen LogP contribution in [0.15, 0.2) is 24.3 Å². The summed E-state index contributed by atoms with van der Waals surface area (Å²) in [5.41, 5.74) is -10.2. The van der Waals surface area contributed by atoms with Crippen molar-refractivity contribution in [2.75, 3.05) is 13.2 Å². The largest absolute Gasteiger partial charge is 0.508 e. The van der Waals surface area contributed by atoms with Gasteiger partial charge >= 0.3 is 24.3 Å². The third kappa shape index (κ3) is 4.46. The van der Waals surface area contributed by atoms with Gasteiger partial charge in [0.25, 0.3) is 0 Å². The van der Waals surface area contributed by atoms with Gasteiger partial charge in [0.1, 0.15) is 17.6 Å². The van der Waals surface area contributed by atoms with E-state index in [1.807, 2.05) is 0 Å². The van der Waals surface area contributed by atoms with Crippen molar-refractivity contribution in [3.63, 3.8) is 0 Å². The second-order valence-corrected chi connectivity index (χ2v) is 7.20. The molecule has 0 radical (unpaired) electrons. The third-order valence-corrected chi connectivity index (χ3v) is 5.24. The molecule has 0 spiro atoms. The van der Waals surface area contributed by atoms with Gasteiger partial charge in [-0.15, -0.1) is 0 Å². The summed E-state index contributed by atoms with van der Waals surface area (Å²) in [7, 11) is 0. The Bertz CT molecular complexity index is 844. The Morgan fingerprint density at radius 1 is 0.909 bits per heavy atom. The molecule has 1 aliphatic heterocycles. The molecule has 14 heteroatoms. The van der Waals surface area contributed by atoms with Crippen molar-refractivity contribution in [3.8, 4) is 5.75 Å². The molecule has 0 aromatic heterocycles. The number of phenols is 1. The van der Waals surface area contributed by atoms with E-state index in [2.05, 4.69) is 9.47 Å². The maximum atomic E-state index is 14.0. The number of rotatable bonds is 5. The highest BCUT2D eigenvalue weighted by Gasteiger charge is 2.78. The summed E-state index contributed by atoms with van der Waals surface area (Å²) in [6.45, 7) is 1.30. The van der Waals surface area contributed by atoms with Crippen molar-refractivity contribution in [2.24, 2.45) is 11.8 Å². The first-order chi connectivity index (χ1) is 15.1. The number of aliphatic hydroxyl groups is 2. The van der Waals surface area contributed by atoms with Gasteiger partial charge in [-0.3, -0.25) is 9.59 Å². The van der Waals surface area contributed by atoms with Crippen LogP contribution in [0.3, 0.4) is 0 Å². The minimum atomic E-state index is -5.99. The number of para-hydroxylation sites is 1. The highest BCUT2D eigenvalue weighted by molar-refractivity contribution is 5.82. The minimum Gasteiger partial charge on any atom is -0.508 e. The van der Waals surface area contributed by atoms with E-state index in [-0.39, 0.29) is 0 Å². The number of ether oxygens (including phenoxy) is 2. The average molecular weight is 489 g/mol. The first kappa shape index (κ1) is 26.7. The lowest BCUT2D eigenvalue weighted by Gasteiger charge is -2.54. The van der Waals surface area contributed by atoms with E-state index in [0.29, 0.717) is 5.32 Å². The predicted molar refractivity (Wildman–Crippen MR) is 96.2 cm³/mol. The zero-order valence-corrected chi connectivity index (χ0v) is 17.2. The molecule has 0 amide bonds. The third-order valence-electron chi connectivity index (χ3n) is 5.24. The molecule has 1 heterocycles. The Morgan fingerprint density at radius 3 is 1.64 bits per heavy atom. The standard InChI is InChI=1S/C19H21F6NO7/c1-3-32-14(28)12-11(9-7-5-6-8-10(9)27)13(15(29)33-4-2)17(31,19(23,24)25)26-16(12,30)18(20,21)22/h5-8,11-13,26-27,30-31H,3-4H2,1-2H3/t11?,12-,13?,16+,17-/m0/s1. The van der Waals surface area contributed by atoms with Crippen LogP contribution in [-0.2, 0) is 19.1 Å². The fourth-order valence-corrected chi connectivity index (χ4v) is 3.88. The molecule has 1 fully saturated rings. The molecule has 0 saturated carbocycles. The summed E-state index contributed by atoms with van der Waals surface area (Å²) in [6.07, 6.45) is -12.0. The molecule has 4 N–H and O–H groups in total. The van der Waals surface area contributed by atoms with Crippen LogP contribution >= 0.6 is 0 Å². The average Bonchev–Trinajstić information content (AvgIpc) is 2.66. The fraction of sp³-hybridized carbons (Fsp3) is 0.579. The molecule has 2 unspecified atom stereocenters. The van der Waals surface area contributed by atoms with E-state index in [0.717, 1.165) is 18.2 Å². The summed E-state index contributed by atoms with van der Waals surface area (Å²) in [5.74, 6) is -13.1. The number of carbonyl (C=O) groups is 2. The summed E-state index contributed by atoms with van der Waals surface area (Å²) in [5, 5.41) is 31.8. The van der Waals surface area contributed by atoms with Gasteiger partial charge in [0, 0.05) is 5.92 Å². The minimum absolute atomic E-state index is 0.537. The number of piperidine rings is 1. The lowest BCUT2D eigenvalue weighted by molar-refractivity contribution is -0.376. The molecule has 8 nitrogen and oxygen atoms in total. The molecule has 0 bridgehead atoms. The maximum absolute atomic E-state index is 14.0. The number of carbonyl (C=O) groups excluding carboxylic acids is 2. The van der Waals surface area contributed by atoms with Gasteiger partial charge in [0.2, 0.25) is 11.4 Å². The van der Waals surface area contributed by atoms with Gasteiger partial charge in [-0.1, -0.05) is 18.2 Å². The van der Waals surface area contributed by atoms with Crippen LogP contribution in [0.1, 0.15) is 25.3 Å². The number of alkyl halides is 6. The molecule has 0 aliphatic carbocycles. The Morgan fingerprint density at radius 2 is 1.30 bits per heavy atom. The molecule has 2 rings (SSSR count). The number of hydrogen-bond acceptors (Lipinski definition) is 8. The van der Waals surface area contributed by atoms with Crippen molar-refractivity contribution < 1.29 is 60.7 Å². The first-order valence-electron chi connectivity index (χ1n) is 9.55. The van der Waals surface area contributed by atoms with E-state index in [9.17, 15) is 51.3 Å². The van der Waals surface area contributed by atoms with Gasteiger partial charge in [0.05, 0.1) is 13.2 Å². The van der Waals surface area contributed by atoms with Gasteiger partial charge in [-0.25, -0.2) is 5.32 Å². The quantitative estimate of drug-likeness (QED) is 0.366. The van der Waals surface area contributed by atoms with Gasteiger partial charge in [-0.2, -0.15) is 26.3 Å². The van der Waals surface area contributed by atoms with Crippen LogP contribution in [0.5, 0.6) is 5.75 Å². The van der Waals surface area contributed by atoms with Crippen molar-refractivity contribution in [3.05, 3.63) is 29.8 Å².